The van der Waals surface area contributed by atoms with Crippen molar-refractivity contribution in [1.82, 2.24) is 20.5 Å². The van der Waals surface area contributed by atoms with E-state index >= 15 is 0 Å². The Morgan fingerprint density at radius 3 is 2.58 bits per heavy atom. The highest BCUT2D eigenvalue weighted by atomic mass is 32.2. The molecule has 2 aliphatic rings. The van der Waals surface area contributed by atoms with Crippen LogP contribution >= 0.6 is 0 Å². The van der Waals surface area contributed by atoms with E-state index in [0.717, 1.165) is 18.4 Å². The fourth-order valence-electron chi connectivity index (χ4n) is 3.76. The van der Waals surface area contributed by atoms with Gasteiger partial charge in [-0.3, -0.25) is 4.79 Å². The largest absolute Gasteiger partial charge is 0.484 e. The number of halogens is 1. The highest BCUT2D eigenvalue weighted by Gasteiger charge is 2.28. The number of hydrogen-bond donors (Lipinski definition) is 3. The van der Waals surface area contributed by atoms with Crippen LogP contribution in [-0.4, -0.2) is 44.5 Å². The number of nitrogens with one attached hydrogen (secondary N) is 3. The number of hydrogen-bond acceptors (Lipinski definition) is 6. The summed E-state index contributed by atoms with van der Waals surface area (Å²) in [6.07, 6.45) is 1.99. The van der Waals surface area contributed by atoms with E-state index in [4.69, 9.17) is 4.74 Å². The van der Waals surface area contributed by atoms with Crippen LogP contribution in [0.1, 0.15) is 30.9 Å². The molecule has 2 atom stereocenters. The second-order valence-corrected chi connectivity index (χ2v) is 9.56. The molecule has 10 heteroatoms. The Morgan fingerprint density at radius 2 is 1.87 bits per heavy atom. The summed E-state index contributed by atoms with van der Waals surface area (Å²) in [5.74, 6) is -0.224. The summed E-state index contributed by atoms with van der Waals surface area (Å²) in [6.45, 7) is 0.886. The van der Waals surface area contributed by atoms with Crippen LogP contribution in [0.2, 0.25) is 0 Å². The van der Waals surface area contributed by atoms with Crippen molar-refractivity contribution in [2.75, 3.05) is 19.7 Å². The number of nitrogens with zero attached hydrogens (tertiary/aromatic N) is 1. The minimum absolute atomic E-state index is 0.119. The van der Waals surface area contributed by atoms with Gasteiger partial charge in [0.15, 0.2) is 6.61 Å². The maximum Gasteiger partial charge on any atom is 0.259 e. The van der Waals surface area contributed by atoms with Crippen molar-refractivity contribution >= 4 is 15.9 Å². The summed E-state index contributed by atoms with van der Waals surface area (Å²) in [4.78, 5) is 12.4. The molecule has 0 bridgehead atoms. The van der Waals surface area contributed by atoms with Crippen LogP contribution in [0, 0.1) is 5.82 Å². The molecule has 2 aromatic carbocycles. The van der Waals surface area contributed by atoms with Crippen LogP contribution in [-0.2, 0) is 14.8 Å². The quantitative estimate of drug-likeness (QED) is 0.596. The van der Waals surface area contributed by atoms with Gasteiger partial charge >= 0.3 is 0 Å². The predicted octanol–water partition coefficient (Wildman–Crippen LogP) is 1.67. The third-order valence-electron chi connectivity index (χ3n) is 5.39. The molecule has 0 radical (unpaired) electrons. The van der Waals surface area contributed by atoms with Crippen molar-refractivity contribution in [3.05, 3.63) is 59.9 Å². The Hall–Kier alpha value is -2.53. The Balaban J connectivity index is 1.25. The molecule has 2 heterocycles. The summed E-state index contributed by atoms with van der Waals surface area (Å²) in [6, 6.07) is 12.3. The minimum atomic E-state index is -3.47. The first-order valence-corrected chi connectivity index (χ1v) is 11.6. The molecule has 1 amide bonds. The highest BCUT2D eigenvalue weighted by Crippen LogP contribution is 2.23. The van der Waals surface area contributed by atoms with Gasteiger partial charge < -0.3 is 10.1 Å². The van der Waals surface area contributed by atoms with E-state index in [-0.39, 0.29) is 35.4 Å². The number of hydrazine groups is 1. The smallest absolute Gasteiger partial charge is 0.259 e. The molecular weight excluding hydrogens is 423 g/mol. The number of benzene rings is 2. The molecule has 31 heavy (non-hydrogen) atoms. The van der Waals surface area contributed by atoms with Crippen molar-refractivity contribution in [2.24, 2.45) is 0 Å². The molecule has 0 aliphatic carbocycles. The molecule has 8 nitrogen and oxygen atoms in total. The minimum Gasteiger partial charge on any atom is -0.484 e. The Kier molecular flexibility index (Phi) is 6.51. The standard InChI is InChI=1S/C21H25FN4O4S/c22-16-5-3-4-15(12-16)19-13-20(25-24-19)23-21(27)14-30-17-6-8-18(9-7-17)31(28,29)26-10-1-2-11-26/h3-9,12,19-20,24-25H,1-2,10-11,13-14H2,(H,23,27). The first kappa shape index (κ1) is 21.7. The Labute approximate surface area is 180 Å². The number of rotatable bonds is 7. The predicted molar refractivity (Wildman–Crippen MR) is 112 cm³/mol. The third kappa shape index (κ3) is 5.21. The summed E-state index contributed by atoms with van der Waals surface area (Å²) < 4.78 is 45.4. The van der Waals surface area contributed by atoms with Crippen molar-refractivity contribution in [3.63, 3.8) is 0 Å². The molecule has 0 spiro atoms. The molecule has 2 saturated heterocycles. The van der Waals surface area contributed by atoms with Gasteiger partial charge in [-0.25, -0.2) is 23.7 Å². The molecule has 166 valence electrons. The van der Waals surface area contributed by atoms with Crippen molar-refractivity contribution < 1.29 is 22.3 Å². The zero-order valence-electron chi connectivity index (χ0n) is 16.9. The Morgan fingerprint density at radius 1 is 1.13 bits per heavy atom. The van der Waals surface area contributed by atoms with Crippen LogP contribution in [0.3, 0.4) is 0 Å². The molecule has 3 N–H and O–H groups in total. The average Bonchev–Trinajstić information content (AvgIpc) is 3.45. The number of sulfonamides is 1. The lowest BCUT2D eigenvalue weighted by molar-refractivity contribution is -0.123. The maximum atomic E-state index is 13.4. The molecule has 2 aliphatic heterocycles. The highest BCUT2D eigenvalue weighted by molar-refractivity contribution is 7.89. The number of amides is 1. The van der Waals surface area contributed by atoms with Gasteiger partial charge in [-0.05, 0) is 54.8 Å². The molecule has 0 aromatic heterocycles. The van der Waals surface area contributed by atoms with Gasteiger partial charge in [0.05, 0.1) is 11.1 Å². The van der Waals surface area contributed by atoms with E-state index < -0.39 is 10.0 Å². The molecule has 0 saturated carbocycles. The summed E-state index contributed by atoms with van der Waals surface area (Å²) in [7, 11) is -3.47. The van der Waals surface area contributed by atoms with Gasteiger partial charge in [-0.1, -0.05) is 12.1 Å². The van der Waals surface area contributed by atoms with Gasteiger partial charge in [-0.2, -0.15) is 4.31 Å². The normalized spacial score (nSPS) is 21.8. The molecule has 2 unspecified atom stereocenters. The van der Waals surface area contributed by atoms with Crippen molar-refractivity contribution in [3.8, 4) is 5.75 Å². The molecule has 2 aromatic rings. The van der Waals surface area contributed by atoms with E-state index in [9.17, 15) is 17.6 Å². The zero-order chi connectivity index (χ0) is 21.8. The lowest BCUT2D eigenvalue weighted by Crippen LogP contribution is -2.45. The van der Waals surface area contributed by atoms with Gasteiger partial charge in [0.1, 0.15) is 11.6 Å². The average molecular weight is 449 g/mol. The monoisotopic (exact) mass is 448 g/mol. The van der Waals surface area contributed by atoms with E-state index in [0.29, 0.717) is 25.3 Å². The first-order valence-electron chi connectivity index (χ1n) is 10.2. The number of carbonyl (C=O) groups is 1. The van der Waals surface area contributed by atoms with Crippen LogP contribution in [0.5, 0.6) is 5.75 Å². The number of carbonyl (C=O) groups excluding carboxylic acids is 1. The first-order chi connectivity index (χ1) is 14.9. The topological polar surface area (TPSA) is 99.8 Å². The summed E-state index contributed by atoms with van der Waals surface area (Å²) >= 11 is 0. The van der Waals surface area contributed by atoms with Crippen molar-refractivity contribution in [2.45, 2.75) is 36.4 Å². The summed E-state index contributed by atoms with van der Waals surface area (Å²) in [5, 5.41) is 2.80. The Bertz CT molecular complexity index is 1030. The summed E-state index contributed by atoms with van der Waals surface area (Å²) in [5.41, 5.74) is 6.81. The van der Waals surface area contributed by atoms with E-state index in [1.165, 1.54) is 28.6 Å². The van der Waals surface area contributed by atoms with Crippen molar-refractivity contribution in [1.29, 1.82) is 0 Å². The third-order valence-corrected chi connectivity index (χ3v) is 7.30. The lowest BCUT2D eigenvalue weighted by atomic mass is 10.0. The SMILES string of the molecule is O=C(COc1ccc(S(=O)(=O)N2CCCC2)cc1)NC1CC(c2cccc(F)c2)NN1. The lowest BCUT2D eigenvalue weighted by Gasteiger charge is -2.16. The second kappa shape index (κ2) is 9.31. The van der Waals surface area contributed by atoms with E-state index in [1.807, 2.05) is 6.07 Å². The maximum absolute atomic E-state index is 13.4. The zero-order valence-corrected chi connectivity index (χ0v) is 17.7. The van der Waals surface area contributed by atoms with Gasteiger partial charge in [-0.15, -0.1) is 0 Å². The number of ether oxygens (including phenoxy) is 1. The van der Waals surface area contributed by atoms with Crippen LogP contribution in [0.15, 0.2) is 53.4 Å². The van der Waals surface area contributed by atoms with Crippen LogP contribution in [0.25, 0.3) is 0 Å². The van der Waals surface area contributed by atoms with Gasteiger partial charge in [0.2, 0.25) is 10.0 Å². The molecular formula is C21H25FN4O4S. The second-order valence-electron chi connectivity index (χ2n) is 7.62. The van der Waals surface area contributed by atoms with E-state index in [1.54, 1.807) is 18.2 Å². The fraction of sp³-hybridized carbons (Fsp3) is 0.381. The van der Waals surface area contributed by atoms with E-state index in [2.05, 4.69) is 16.2 Å². The molecule has 4 rings (SSSR count). The van der Waals surface area contributed by atoms with Gasteiger partial charge in [0, 0.05) is 25.6 Å². The van der Waals surface area contributed by atoms with Gasteiger partial charge in [0.25, 0.3) is 5.91 Å². The fourth-order valence-corrected chi connectivity index (χ4v) is 5.28. The molecule has 2 fully saturated rings. The van der Waals surface area contributed by atoms with Crippen LogP contribution < -0.4 is 20.9 Å². The van der Waals surface area contributed by atoms with Crippen LogP contribution in [0.4, 0.5) is 4.39 Å².